The molecule has 0 aliphatic rings. The molecule has 0 spiro atoms. The van der Waals surface area contributed by atoms with Gasteiger partial charge in [0.05, 0.1) is 26.4 Å². The Morgan fingerprint density at radius 1 is 0.292 bits per heavy atom. The molecular formula is C77H150O17P2. The summed E-state index contributed by atoms with van der Waals surface area (Å²) in [6.45, 7) is 7.32. The fourth-order valence-corrected chi connectivity index (χ4v) is 13.4. The van der Waals surface area contributed by atoms with E-state index in [0.29, 0.717) is 25.7 Å². The first kappa shape index (κ1) is 94.1. The number of phosphoric ester groups is 2. The summed E-state index contributed by atoms with van der Waals surface area (Å²) in [5.74, 6) is -1.25. The second-order valence-corrected chi connectivity index (χ2v) is 30.9. The highest BCUT2D eigenvalue weighted by Crippen LogP contribution is 2.45. The van der Waals surface area contributed by atoms with Crippen LogP contribution in [0.3, 0.4) is 0 Å². The Labute approximate surface area is 588 Å². The van der Waals surface area contributed by atoms with Crippen molar-refractivity contribution in [1.82, 2.24) is 0 Å². The lowest BCUT2D eigenvalue weighted by molar-refractivity contribution is -0.161. The molecule has 0 bridgehead atoms. The zero-order valence-electron chi connectivity index (χ0n) is 62.5. The quantitative estimate of drug-likeness (QED) is 0.0222. The van der Waals surface area contributed by atoms with Crippen LogP contribution in [-0.4, -0.2) is 96.7 Å². The molecule has 17 nitrogen and oxygen atoms in total. The van der Waals surface area contributed by atoms with Gasteiger partial charge in [-0.2, -0.15) is 0 Å². The summed E-state index contributed by atoms with van der Waals surface area (Å²) in [5.41, 5.74) is 0. The zero-order chi connectivity index (χ0) is 70.5. The molecule has 0 heterocycles. The van der Waals surface area contributed by atoms with Gasteiger partial charge in [-0.25, -0.2) is 9.13 Å². The van der Waals surface area contributed by atoms with Crippen molar-refractivity contribution in [1.29, 1.82) is 0 Å². The third-order valence-corrected chi connectivity index (χ3v) is 20.3. The minimum atomic E-state index is -4.96. The Kier molecular flexibility index (Phi) is 68.7. The van der Waals surface area contributed by atoms with Crippen LogP contribution in [0.4, 0.5) is 0 Å². The van der Waals surface area contributed by atoms with E-state index in [9.17, 15) is 43.2 Å². The van der Waals surface area contributed by atoms with Crippen LogP contribution in [0.5, 0.6) is 0 Å². The first-order chi connectivity index (χ1) is 46.6. The second kappa shape index (κ2) is 70.1. The van der Waals surface area contributed by atoms with Gasteiger partial charge < -0.3 is 33.8 Å². The van der Waals surface area contributed by atoms with Crippen molar-refractivity contribution in [2.45, 2.75) is 425 Å². The van der Waals surface area contributed by atoms with E-state index in [-0.39, 0.29) is 25.7 Å². The Bertz CT molecular complexity index is 1840. The van der Waals surface area contributed by atoms with E-state index in [4.69, 9.17) is 37.0 Å². The number of hydrogen-bond donors (Lipinski definition) is 3. The number of rotatable bonds is 77. The van der Waals surface area contributed by atoms with Crippen molar-refractivity contribution in [3.8, 4) is 0 Å². The summed E-state index contributed by atoms with van der Waals surface area (Å²) in [6, 6.07) is 0. The second-order valence-electron chi connectivity index (χ2n) is 28.0. The summed E-state index contributed by atoms with van der Waals surface area (Å²) in [7, 11) is -9.90. The minimum Gasteiger partial charge on any atom is -0.462 e. The van der Waals surface area contributed by atoms with Gasteiger partial charge in [-0.15, -0.1) is 0 Å². The van der Waals surface area contributed by atoms with Gasteiger partial charge in [0, 0.05) is 25.7 Å². The van der Waals surface area contributed by atoms with E-state index in [2.05, 4.69) is 34.6 Å². The molecule has 570 valence electrons. The fourth-order valence-electron chi connectivity index (χ4n) is 11.8. The maximum absolute atomic E-state index is 13.1. The summed E-state index contributed by atoms with van der Waals surface area (Å²) >= 11 is 0. The summed E-state index contributed by atoms with van der Waals surface area (Å²) < 4.78 is 68.4. The lowest BCUT2D eigenvalue weighted by Crippen LogP contribution is -2.30. The predicted octanol–water partition coefficient (Wildman–Crippen LogP) is 22.9. The smallest absolute Gasteiger partial charge is 0.462 e. The molecule has 0 saturated carbocycles. The van der Waals surface area contributed by atoms with Gasteiger partial charge in [0.25, 0.3) is 0 Å². The van der Waals surface area contributed by atoms with E-state index in [0.717, 1.165) is 109 Å². The van der Waals surface area contributed by atoms with Crippen LogP contribution in [0.25, 0.3) is 0 Å². The lowest BCUT2D eigenvalue weighted by atomic mass is 9.99. The topological polar surface area (TPSA) is 237 Å². The van der Waals surface area contributed by atoms with Crippen molar-refractivity contribution < 1.29 is 80.2 Å². The van der Waals surface area contributed by atoms with E-state index in [1.807, 2.05) is 0 Å². The van der Waals surface area contributed by atoms with Crippen LogP contribution in [0.1, 0.15) is 407 Å². The van der Waals surface area contributed by atoms with Gasteiger partial charge in [0.15, 0.2) is 12.2 Å². The van der Waals surface area contributed by atoms with Crippen molar-refractivity contribution in [2.75, 3.05) is 39.6 Å². The van der Waals surface area contributed by atoms with E-state index < -0.39 is 97.5 Å². The van der Waals surface area contributed by atoms with Crippen LogP contribution in [0, 0.1) is 5.92 Å². The molecule has 96 heavy (non-hydrogen) atoms. The number of hydrogen-bond acceptors (Lipinski definition) is 15. The molecule has 3 unspecified atom stereocenters. The molecule has 0 rings (SSSR count). The molecule has 0 aliphatic carbocycles. The van der Waals surface area contributed by atoms with Crippen molar-refractivity contribution in [3.63, 3.8) is 0 Å². The minimum absolute atomic E-state index is 0.107. The molecule has 0 aromatic carbocycles. The Balaban J connectivity index is 5.15. The van der Waals surface area contributed by atoms with Crippen molar-refractivity contribution in [3.05, 3.63) is 0 Å². The lowest BCUT2D eigenvalue weighted by Gasteiger charge is -2.21. The molecule has 0 radical (unpaired) electrons. The maximum atomic E-state index is 13.1. The largest absolute Gasteiger partial charge is 0.472 e. The zero-order valence-corrected chi connectivity index (χ0v) is 64.3. The van der Waals surface area contributed by atoms with E-state index in [1.165, 1.54) is 218 Å². The van der Waals surface area contributed by atoms with Crippen LogP contribution in [0.15, 0.2) is 0 Å². The Morgan fingerprint density at radius 2 is 0.500 bits per heavy atom. The van der Waals surface area contributed by atoms with Crippen LogP contribution in [-0.2, 0) is 65.4 Å². The molecule has 3 N–H and O–H groups in total. The number of ether oxygens (including phenoxy) is 4. The third kappa shape index (κ3) is 69.2. The molecule has 0 amide bonds. The van der Waals surface area contributed by atoms with Crippen LogP contribution in [0.2, 0.25) is 0 Å². The number of aliphatic hydroxyl groups is 1. The molecule has 0 fully saturated rings. The average Bonchev–Trinajstić information content (AvgIpc) is 1.44. The Hall–Kier alpha value is -1.94. The maximum Gasteiger partial charge on any atom is 0.472 e. The normalized spacial score (nSPS) is 14.2. The molecule has 6 atom stereocenters. The first-order valence-electron chi connectivity index (χ1n) is 40.2. The third-order valence-electron chi connectivity index (χ3n) is 18.4. The van der Waals surface area contributed by atoms with Gasteiger partial charge in [-0.05, 0) is 31.6 Å². The van der Waals surface area contributed by atoms with Gasteiger partial charge >= 0.3 is 39.5 Å². The monoisotopic (exact) mass is 1410 g/mol. The molecule has 0 aromatic rings. The molecule has 0 aromatic heterocycles. The first-order valence-corrected chi connectivity index (χ1v) is 43.2. The van der Waals surface area contributed by atoms with Gasteiger partial charge in [-0.3, -0.25) is 37.3 Å². The van der Waals surface area contributed by atoms with Gasteiger partial charge in [-0.1, -0.05) is 356 Å². The number of esters is 4. The number of aliphatic hydroxyl groups excluding tert-OH is 1. The van der Waals surface area contributed by atoms with Gasteiger partial charge in [0.2, 0.25) is 0 Å². The number of carbonyl (C=O) groups is 4. The fraction of sp³-hybridized carbons (Fsp3) is 0.948. The standard InChI is InChI=1S/C77H150O17P2/c1-6-10-13-16-19-21-23-24-25-31-34-38-41-46-51-56-61-75(80)88-67-73(94-77(82)63-58-53-48-43-39-35-32-29-27-26-28-30-33-37-40-45-49-54-59-70(5)9-4)69-92-96(85,86)90-65-71(78)64-89-95(83,84)91-68-72(66-87-74(79)60-55-50-44-18-15-12-8-3)93-76(81)62-57-52-47-42-36-22-20-17-14-11-7-2/h70-73,78H,6-69H2,1-5H3,(H,83,84)(H,85,86)/t70?,71-,72+,73+/m0/s1. The van der Waals surface area contributed by atoms with Crippen molar-refractivity contribution >= 4 is 39.5 Å². The molecule has 0 aliphatic heterocycles. The van der Waals surface area contributed by atoms with Crippen LogP contribution < -0.4 is 0 Å². The summed E-state index contributed by atoms with van der Waals surface area (Å²) in [6.07, 6.45) is 59.8. The van der Waals surface area contributed by atoms with E-state index >= 15 is 0 Å². The number of phosphoric acid groups is 2. The van der Waals surface area contributed by atoms with Crippen LogP contribution >= 0.6 is 15.6 Å². The summed E-state index contributed by atoms with van der Waals surface area (Å²) in [5, 5.41) is 10.6. The highest BCUT2D eigenvalue weighted by molar-refractivity contribution is 7.47. The Morgan fingerprint density at radius 3 is 0.740 bits per heavy atom. The molecule has 0 saturated heterocycles. The highest BCUT2D eigenvalue weighted by atomic mass is 31.2. The van der Waals surface area contributed by atoms with E-state index in [1.54, 1.807) is 0 Å². The van der Waals surface area contributed by atoms with Crippen molar-refractivity contribution in [2.24, 2.45) is 5.92 Å². The molecule has 19 heteroatoms. The SMILES string of the molecule is CCCCCCCCCCCCCCCCCCC(=O)OC[C@H](COP(=O)(O)OC[C@@H](O)COP(=O)(O)OC[C@@H](COC(=O)CCCCCCCCC)OC(=O)CCCCCCCCCCCCC)OC(=O)CCCCCCCCCCCCCCCCCCCCC(C)CC. The number of carbonyl (C=O) groups excluding carboxylic acids is 4. The number of unbranched alkanes of at least 4 members (excludes halogenated alkanes) is 48. The molecular weight excluding hydrogens is 1260 g/mol. The van der Waals surface area contributed by atoms with Gasteiger partial charge in [0.1, 0.15) is 19.3 Å². The average molecular weight is 1410 g/mol. The highest BCUT2D eigenvalue weighted by Gasteiger charge is 2.30. The summed E-state index contributed by atoms with van der Waals surface area (Å²) in [4.78, 5) is 72.6. The predicted molar refractivity (Wildman–Crippen MR) is 391 cm³/mol.